The van der Waals surface area contributed by atoms with Gasteiger partial charge in [0.2, 0.25) is 0 Å². The maximum absolute atomic E-state index is 11.7. The molecule has 1 N–H and O–H groups in total. The van der Waals surface area contributed by atoms with E-state index >= 15 is 0 Å². The van der Waals surface area contributed by atoms with E-state index in [2.05, 4.69) is 21.2 Å². The molecule has 2 heterocycles. The Kier molecular flexibility index (Phi) is 3.70. The molecule has 0 saturated carbocycles. The first-order chi connectivity index (χ1) is 9.52. The van der Waals surface area contributed by atoms with Crippen LogP contribution < -0.4 is 10.1 Å². The lowest BCUT2D eigenvalue weighted by Gasteiger charge is -2.23. The second kappa shape index (κ2) is 5.35. The number of carbonyl (C=O) groups is 1. The van der Waals surface area contributed by atoms with Crippen LogP contribution in [0.3, 0.4) is 0 Å². The zero-order valence-electron chi connectivity index (χ0n) is 10.5. The van der Waals surface area contributed by atoms with Gasteiger partial charge in [0.15, 0.2) is 0 Å². The monoisotopic (exact) mass is 367 g/mol. The van der Waals surface area contributed by atoms with Crippen LogP contribution in [0.15, 0.2) is 39.2 Å². The fourth-order valence-corrected chi connectivity index (χ4v) is 3.45. The van der Waals surface area contributed by atoms with Crippen LogP contribution in [0, 0.1) is 0 Å². The van der Waals surface area contributed by atoms with E-state index in [1.807, 2.05) is 37.3 Å². The molecular formula is C14H10BrNO2S2. The van der Waals surface area contributed by atoms with E-state index in [-0.39, 0.29) is 12.0 Å². The molecule has 102 valence electrons. The summed E-state index contributed by atoms with van der Waals surface area (Å²) in [5, 5.41) is 2.61. The maximum atomic E-state index is 11.7. The van der Waals surface area contributed by atoms with Gasteiger partial charge in [0.1, 0.15) is 16.2 Å². The van der Waals surface area contributed by atoms with Crippen molar-refractivity contribution >= 4 is 56.2 Å². The highest BCUT2D eigenvalue weighted by Crippen LogP contribution is 2.34. The summed E-state index contributed by atoms with van der Waals surface area (Å²) in [4.78, 5) is 12.3. The molecule has 0 spiro atoms. The number of carbonyl (C=O) groups excluding carboxylic acids is 1. The van der Waals surface area contributed by atoms with Crippen molar-refractivity contribution in [1.82, 2.24) is 5.32 Å². The lowest BCUT2D eigenvalue weighted by molar-refractivity contribution is -0.115. The largest absolute Gasteiger partial charge is 0.485 e. The first kappa shape index (κ1) is 13.9. The smallest absolute Gasteiger partial charge is 0.263 e. The summed E-state index contributed by atoms with van der Waals surface area (Å²) in [6, 6.07) is 5.87. The molecule has 2 aliphatic rings. The molecule has 1 atom stereocenters. The van der Waals surface area contributed by atoms with Crippen LogP contribution in [0.1, 0.15) is 12.5 Å². The summed E-state index contributed by atoms with van der Waals surface area (Å²) in [5.74, 6) is 0.704. The van der Waals surface area contributed by atoms with Gasteiger partial charge in [-0.25, -0.2) is 0 Å². The van der Waals surface area contributed by atoms with Crippen molar-refractivity contribution in [1.29, 1.82) is 0 Å². The number of halogens is 1. The Hall–Kier alpha value is -1.11. The molecule has 3 nitrogen and oxygen atoms in total. The van der Waals surface area contributed by atoms with E-state index in [9.17, 15) is 4.79 Å². The molecule has 1 aromatic rings. The molecule has 0 aliphatic carbocycles. The number of thioether (sulfide) groups is 1. The van der Waals surface area contributed by atoms with Gasteiger partial charge in [0.25, 0.3) is 5.91 Å². The minimum absolute atomic E-state index is 0.0984. The highest BCUT2D eigenvalue weighted by atomic mass is 79.9. The summed E-state index contributed by atoms with van der Waals surface area (Å²) in [6.45, 7) is 1.96. The first-order valence-electron chi connectivity index (χ1n) is 5.95. The molecular weight excluding hydrogens is 358 g/mol. The Balaban J connectivity index is 1.99. The molecule has 1 saturated heterocycles. The van der Waals surface area contributed by atoms with Crippen LogP contribution in [-0.4, -0.2) is 16.3 Å². The van der Waals surface area contributed by atoms with Crippen LogP contribution >= 0.6 is 39.9 Å². The van der Waals surface area contributed by atoms with E-state index in [1.54, 1.807) is 0 Å². The summed E-state index contributed by atoms with van der Waals surface area (Å²) < 4.78 is 7.35. The van der Waals surface area contributed by atoms with Gasteiger partial charge in [-0.2, -0.15) is 0 Å². The predicted molar refractivity (Wildman–Crippen MR) is 88.6 cm³/mol. The van der Waals surface area contributed by atoms with Gasteiger partial charge in [-0.05, 0) is 42.8 Å². The standard InChI is InChI=1S/C14H10BrNO2S2/c1-7-8(6-12-13(17)16-14(19)20-12)4-9-5-10(15)2-3-11(9)18-7/h2-7H,1H3,(H,16,17,19)/b12-6-. The third kappa shape index (κ3) is 2.68. The third-order valence-corrected chi connectivity index (χ3v) is 4.66. The van der Waals surface area contributed by atoms with E-state index < -0.39 is 0 Å². The normalized spacial score (nSPS) is 23.2. The van der Waals surface area contributed by atoms with Crippen LogP contribution in [-0.2, 0) is 4.79 Å². The zero-order valence-corrected chi connectivity index (χ0v) is 13.7. The molecule has 1 unspecified atom stereocenters. The summed E-state index contributed by atoms with van der Waals surface area (Å²) in [5.41, 5.74) is 1.95. The highest BCUT2D eigenvalue weighted by Gasteiger charge is 2.25. The van der Waals surface area contributed by atoms with Gasteiger partial charge < -0.3 is 10.1 Å². The zero-order chi connectivity index (χ0) is 14.3. The Labute approximate surface area is 134 Å². The Morgan fingerprint density at radius 2 is 2.30 bits per heavy atom. The molecule has 1 fully saturated rings. The quantitative estimate of drug-likeness (QED) is 0.607. The van der Waals surface area contributed by atoms with E-state index in [1.165, 1.54) is 11.8 Å². The molecule has 2 aliphatic heterocycles. The van der Waals surface area contributed by atoms with Crippen molar-refractivity contribution in [3.8, 4) is 5.75 Å². The lowest BCUT2D eigenvalue weighted by Crippen LogP contribution is -2.20. The second-order valence-corrected chi connectivity index (χ2v) is 7.07. The number of hydrogen-bond acceptors (Lipinski definition) is 4. The number of ether oxygens (including phenoxy) is 1. The Morgan fingerprint density at radius 1 is 1.50 bits per heavy atom. The SMILES string of the molecule is CC1Oc2ccc(Br)cc2C=C1/C=C1\SC(=S)NC1=O. The Morgan fingerprint density at radius 3 is 3.00 bits per heavy atom. The molecule has 0 radical (unpaired) electrons. The number of thiocarbonyl (C=S) groups is 1. The minimum Gasteiger partial charge on any atom is -0.485 e. The maximum Gasteiger partial charge on any atom is 0.263 e. The second-order valence-electron chi connectivity index (χ2n) is 4.44. The third-order valence-electron chi connectivity index (χ3n) is 3.01. The van der Waals surface area contributed by atoms with Gasteiger partial charge in [-0.3, -0.25) is 4.79 Å². The molecule has 3 rings (SSSR count). The Bertz CT molecular complexity index is 682. The van der Waals surface area contributed by atoms with Crippen molar-refractivity contribution in [3.05, 3.63) is 44.8 Å². The fraction of sp³-hybridized carbons (Fsp3) is 0.143. The fourth-order valence-electron chi connectivity index (χ4n) is 2.03. The molecule has 0 aromatic heterocycles. The van der Waals surface area contributed by atoms with Crippen molar-refractivity contribution in [2.75, 3.05) is 0 Å². The minimum atomic E-state index is -0.145. The van der Waals surface area contributed by atoms with Crippen LogP contribution in [0.4, 0.5) is 0 Å². The van der Waals surface area contributed by atoms with Crippen LogP contribution in [0.5, 0.6) is 5.75 Å². The van der Waals surface area contributed by atoms with Crippen LogP contribution in [0.25, 0.3) is 6.08 Å². The first-order valence-corrected chi connectivity index (χ1v) is 7.97. The summed E-state index contributed by atoms with van der Waals surface area (Å²) in [7, 11) is 0. The number of nitrogens with one attached hydrogen (secondary N) is 1. The molecule has 20 heavy (non-hydrogen) atoms. The van der Waals surface area contributed by atoms with Gasteiger partial charge >= 0.3 is 0 Å². The van der Waals surface area contributed by atoms with Crippen molar-refractivity contribution < 1.29 is 9.53 Å². The molecule has 0 bridgehead atoms. The van der Waals surface area contributed by atoms with Gasteiger partial charge in [0.05, 0.1) is 4.91 Å². The molecule has 1 amide bonds. The van der Waals surface area contributed by atoms with Crippen LogP contribution in [0.2, 0.25) is 0 Å². The molecule has 1 aromatic carbocycles. The average Bonchev–Trinajstić information content (AvgIpc) is 2.69. The summed E-state index contributed by atoms with van der Waals surface area (Å²) in [6.07, 6.45) is 3.78. The number of fused-ring (bicyclic) bond motifs is 1. The van der Waals surface area contributed by atoms with Gasteiger partial charge in [-0.15, -0.1) is 0 Å². The number of amides is 1. The average molecular weight is 368 g/mol. The highest BCUT2D eigenvalue weighted by molar-refractivity contribution is 9.10. The molecule has 6 heteroatoms. The van der Waals surface area contributed by atoms with Crippen molar-refractivity contribution in [2.45, 2.75) is 13.0 Å². The van der Waals surface area contributed by atoms with E-state index in [4.69, 9.17) is 17.0 Å². The van der Waals surface area contributed by atoms with Gasteiger partial charge in [0, 0.05) is 10.0 Å². The van der Waals surface area contributed by atoms with E-state index in [0.717, 1.165) is 21.4 Å². The lowest BCUT2D eigenvalue weighted by atomic mass is 10.0. The van der Waals surface area contributed by atoms with Crippen molar-refractivity contribution in [2.24, 2.45) is 0 Å². The topological polar surface area (TPSA) is 38.3 Å². The predicted octanol–water partition coefficient (Wildman–Crippen LogP) is 3.65. The summed E-state index contributed by atoms with van der Waals surface area (Å²) >= 11 is 9.71. The number of rotatable bonds is 1. The van der Waals surface area contributed by atoms with Crippen molar-refractivity contribution in [3.63, 3.8) is 0 Å². The van der Waals surface area contributed by atoms with E-state index in [0.29, 0.717) is 9.23 Å². The van der Waals surface area contributed by atoms with Gasteiger partial charge in [-0.1, -0.05) is 39.9 Å². The number of hydrogen-bond donors (Lipinski definition) is 1. The number of benzene rings is 1.